The van der Waals surface area contributed by atoms with Crippen LogP contribution in [0.15, 0.2) is 18.2 Å². The van der Waals surface area contributed by atoms with Crippen molar-refractivity contribution in [1.29, 1.82) is 0 Å². The molecule has 1 aliphatic carbocycles. The third-order valence-electron chi connectivity index (χ3n) is 3.64. The van der Waals surface area contributed by atoms with Crippen LogP contribution in [0.1, 0.15) is 12.8 Å². The maximum atomic E-state index is 12.3. The smallest absolute Gasteiger partial charge is 0.245 e. The van der Waals surface area contributed by atoms with Crippen molar-refractivity contribution in [2.75, 3.05) is 37.0 Å². The SMILES string of the molecule is CNc1cccc(N2CCOCC2C(=O)NC2CC2)n1. The first kappa shape index (κ1) is 13.2. The number of aromatic nitrogens is 1. The Morgan fingerprint density at radius 3 is 3.05 bits per heavy atom. The molecule has 108 valence electrons. The number of nitrogens with one attached hydrogen (secondary N) is 2. The molecule has 6 heteroatoms. The van der Waals surface area contributed by atoms with Crippen LogP contribution in [0.5, 0.6) is 0 Å². The van der Waals surface area contributed by atoms with Gasteiger partial charge in [-0.05, 0) is 25.0 Å². The van der Waals surface area contributed by atoms with Crippen molar-refractivity contribution in [3.8, 4) is 0 Å². The molecule has 0 aromatic carbocycles. The fourth-order valence-corrected chi connectivity index (χ4v) is 2.34. The topological polar surface area (TPSA) is 66.5 Å². The minimum atomic E-state index is -0.288. The molecule has 1 amide bonds. The molecule has 0 radical (unpaired) electrons. The van der Waals surface area contributed by atoms with Gasteiger partial charge >= 0.3 is 0 Å². The minimum Gasteiger partial charge on any atom is -0.377 e. The van der Waals surface area contributed by atoms with Crippen molar-refractivity contribution in [1.82, 2.24) is 10.3 Å². The van der Waals surface area contributed by atoms with Gasteiger partial charge in [0.15, 0.2) is 0 Å². The van der Waals surface area contributed by atoms with Crippen LogP contribution < -0.4 is 15.5 Å². The molecule has 2 heterocycles. The maximum Gasteiger partial charge on any atom is 0.245 e. The quantitative estimate of drug-likeness (QED) is 0.843. The highest BCUT2D eigenvalue weighted by atomic mass is 16.5. The summed E-state index contributed by atoms with van der Waals surface area (Å²) in [5, 5.41) is 6.07. The maximum absolute atomic E-state index is 12.3. The molecule has 1 saturated heterocycles. The first-order valence-electron chi connectivity index (χ1n) is 7.07. The fourth-order valence-electron chi connectivity index (χ4n) is 2.34. The second-order valence-electron chi connectivity index (χ2n) is 5.20. The van der Waals surface area contributed by atoms with Crippen LogP contribution in [0.4, 0.5) is 11.6 Å². The van der Waals surface area contributed by atoms with E-state index in [4.69, 9.17) is 4.74 Å². The van der Waals surface area contributed by atoms with Gasteiger partial charge in [-0.2, -0.15) is 0 Å². The third kappa shape index (κ3) is 2.85. The van der Waals surface area contributed by atoms with Gasteiger partial charge in [0.25, 0.3) is 0 Å². The number of hydrogen-bond donors (Lipinski definition) is 2. The average Bonchev–Trinajstić information content (AvgIpc) is 3.31. The normalized spacial score (nSPS) is 22.4. The Morgan fingerprint density at radius 2 is 2.30 bits per heavy atom. The molecule has 2 fully saturated rings. The Bertz CT molecular complexity index is 490. The van der Waals surface area contributed by atoms with E-state index in [1.807, 2.05) is 30.1 Å². The molecule has 1 saturated carbocycles. The van der Waals surface area contributed by atoms with Crippen LogP contribution in [0.3, 0.4) is 0 Å². The lowest BCUT2D eigenvalue weighted by Crippen LogP contribution is -2.54. The molecule has 1 aromatic heterocycles. The van der Waals surface area contributed by atoms with Crippen molar-refractivity contribution in [2.24, 2.45) is 0 Å². The van der Waals surface area contributed by atoms with Gasteiger partial charge in [-0.15, -0.1) is 0 Å². The number of carbonyl (C=O) groups is 1. The van der Waals surface area contributed by atoms with Crippen molar-refractivity contribution < 1.29 is 9.53 Å². The Balaban J connectivity index is 1.77. The monoisotopic (exact) mass is 276 g/mol. The second-order valence-corrected chi connectivity index (χ2v) is 5.20. The number of pyridine rings is 1. The van der Waals surface area contributed by atoms with Gasteiger partial charge < -0.3 is 20.3 Å². The van der Waals surface area contributed by atoms with Crippen molar-refractivity contribution >= 4 is 17.5 Å². The van der Waals surface area contributed by atoms with Gasteiger partial charge in [0.05, 0.1) is 13.2 Å². The summed E-state index contributed by atoms with van der Waals surface area (Å²) in [5.74, 6) is 1.66. The number of hydrogen-bond acceptors (Lipinski definition) is 5. The second kappa shape index (κ2) is 5.66. The third-order valence-corrected chi connectivity index (χ3v) is 3.64. The molecule has 2 N–H and O–H groups in total. The van der Waals surface area contributed by atoms with E-state index in [0.717, 1.165) is 24.5 Å². The molecule has 1 atom stereocenters. The molecular weight excluding hydrogens is 256 g/mol. The Kier molecular flexibility index (Phi) is 3.73. The molecule has 0 spiro atoms. The lowest BCUT2D eigenvalue weighted by molar-refractivity contribution is -0.124. The van der Waals surface area contributed by atoms with E-state index in [1.165, 1.54) is 0 Å². The van der Waals surface area contributed by atoms with E-state index in [2.05, 4.69) is 15.6 Å². The summed E-state index contributed by atoms with van der Waals surface area (Å²) >= 11 is 0. The summed E-state index contributed by atoms with van der Waals surface area (Å²) in [4.78, 5) is 18.9. The van der Waals surface area contributed by atoms with Crippen molar-refractivity contribution in [3.63, 3.8) is 0 Å². The zero-order valence-electron chi connectivity index (χ0n) is 11.6. The number of ether oxygens (including phenoxy) is 1. The predicted octanol–water partition coefficient (Wildman–Crippen LogP) is 0.607. The van der Waals surface area contributed by atoms with Crippen LogP contribution >= 0.6 is 0 Å². The van der Waals surface area contributed by atoms with Gasteiger partial charge in [-0.1, -0.05) is 6.07 Å². The number of carbonyl (C=O) groups excluding carboxylic acids is 1. The Hall–Kier alpha value is -1.82. The van der Waals surface area contributed by atoms with Gasteiger partial charge in [-0.25, -0.2) is 4.98 Å². The first-order chi connectivity index (χ1) is 9.78. The molecule has 20 heavy (non-hydrogen) atoms. The summed E-state index contributed by atoms with van der Waals surface area (Å²) in [6, 6.07) is 5.86. The van der Waals surface area contributed by atoms with Gasteiger partial charge in [0.1, 0.15) is 17.7 Å². The highest BCUT2D eigenvalue weighted by Gasteiger charge is 2.33. The van der Waals surface area contributed by atoms with Crippen LogP contribution in [0.25, 0.3) is 0 Å². The van der Waals surface area contributed by atoms with Crippen LogP contribution in [-0.2, 0) is 9.53 Å². The van der Waals surface area contributed by atoms with Gasteiger partial charge in [0, 0.05) is 19.6 Å². The summed E-state index contributed by atoms with van der Waals surface area (Å²) < 4.78 is 5.47. The van der Waals surface area contributed by atoms with Crippen LogP contribution in [0.2, 0.25) is 0 Å². The van der Waals surface area contributed by atoms with Crippen LogP contribution in [0, 0.1) is 0 Å². The van der Waals surface area contributed by atoms with E-state index in [1.54, 1.807) is 0 Å². The number of nitrogens with zero attached hydrogens (tertiary/aromatic N) is 2. The standard InChI is InChI=1S/C14H20N4O2/c1-15-12-3-2-4-13(17-12)18-7-8-20-9-11(18)14(19)16-10-5-6-10/h2-4,10-11H,5-9H2,1H3,(H,15,17)(H,16,19). The van der Waals surface area contributed by atoms with E-state index in [9.17, 15) is 4.79 Å². The lowest BCUT2D eigenvalue weighted by atomic mass is 10.2. The molecule has 6 nitrogen and oxygen atoms in total. The molecule has 1 aliphatic heterocycles. The van der Waals surface area contributed by atoms with E-state index in [0.29, 0.717) is 25.8 Å². The molecule has 1 aromatic rings. The molecule has 1 unspecified atom stereocenters. The number of rotatable bonds is 4. The summed E-state index contributed by atoms with van der Waals surface area (Å²) in [7, 11) is 1.84. The zero-order valence-corrected chi connectivity index (χ0v) is 11.6. The Labute approximate surface area is 118 Å². The molecular formula is C14H20N4O2. The molecule has 2 aliphatic rings. The zero-order chi connectivity index (χ0) is 13.9. The van der Waals surface area contributed by atoms with E-state index >= 15 is 0 Å². The molecule has 0 bridgehead atoms. The lowest BCUT2D eigenvalue weighted by Gasteiger charge is -2.35. The highest BCUT2D eigenvalue weighted by molar-refractivity contribution is 5.85. The summed E-state index contributed by atoms with van der Waals surface area (Å²) in [6.45, 7) is 1.73. The predicted molar refractivity (Wildman–Crippen MR) is 76.9 cm³/mol. The average molecular weight is 276 g/mol. The van der Waals surface area contributed by atoms with Crippen LogP contribution in [-0.4, -0.2) is 49.8 Å². The number of morpholine rings is 1. The Morgan fingerprint density at radius 1 is 1.45 bits per heavy atom. The van der Waals surface area contributed by atoms with E-state index in [-0.39, 0.29) is 11.9 Å². The van der Waals surface area contributed by atoms with E-state index < -0.39 is 0 Å². The number of anilines is 2. The van der Waals surface area contributed by atoms with Gasteiger partial charge in [0.2, 0.25) is 5.91 Å². The largest absolute Gasteiger partial charge is 0.377 e. The number of amides is 1. The van der Waals surface area contributed by atoms with Crippen molar-refractivity contribution in [3.05, 3.63) is 18.2 Å². The minimum absolute atomic E-state index is 0.0452. The highest BCUT2D eigenvalue weighted by Crippen LogP contribution is 2.22. The first-order valence-corrected chi connectivity index (χ1v) is 7.07. The van der Waals surface area contributed by atoms with Crippen molar-refractivity contribution in [2.45, 2.75) is 24.9 Å². The van der Waals surface area contributed by atoms with Gasteiger partial charge in [-0.3, -0.25) is 4.79 Å². The summed E-state index contributed by atoms with van der Waals surface area (Å²) in [5.41, 5.74) is 0. The molecule has 3 rings (SSSR count). The summed E-state index contributed by atoms with van der Waals surface area (Å²) in [6.07, 6.45) is 2.18. The fraction of sp³-hybridized carbons (Fsp3) is 0.571.